The summed E-state index contributed by atoms with van der Waals surface area (Å²) in [6, 6.07) is 7.99. The highest BCUT2D eigenvalue weighted by molar-refractivity contribution is 5.80. The molecule has 2 rings (SSSR count). The van der Waals surface area contributed by atoms with Crippen LogP contribution < -0.4 is 10.5 Å². The van der Waals surface area contributed by atoms with Gasteiger partial charge in [-0.1, -0.05) is 18.6 Å². The minimum Gasteiger partial charge on any atom is -0.497 e. The van der Waals surface area contributed by atoms with Crippen LogP contribution in [0.25, 0.3) is 0 Å². The maximum absolute atomic E-state index is 11.8. The van der Waals surface area contributed by atoms with Gasteiger partial charge in [0.1, 0.15) is 11.3 Å². The molecule has 1 aromatic rings. The van der Waals surface area contributed by atoms with Crippen LogP contribution in [0.15, 0.2) is 24.3 Å². The number of carbonyl (C=O) groups is 1. The Labute approximate surface area is 113 Å². The van der Waals surface area contributed by atoms with Crippen molar-refractivity contribution >= 4 is 5.97 Å². The molecule has 0 saturated heterocycles. The summed E-state index contributed by atoms with van der Waals surface area (Å²) in [5.41, 5.74) is 6.57. The molecule has 0 aromatic heterocycles. The SMILES string of the molecule is COC(=O)C1(N)CCCC(c2ccc(OC)cc2)C1. The third kappa shape index (κ3) is 2.89. The van der Waals surface area contributed by atoms with E-state index in [1.54, 1.807) is 7.11 Å². The molecule has 104 valence electrons. The number of carbonyl (C=O) groups excluding carboxylic acids is 1. The van der Waals surface area contributed by atoms with E-state index in [1.807, 2.05) is 24.3 Å². The number of nitrogens with two attached hydrogens (primary N) is 1. The monoisotopic (exact) mass is 263 g/mol. The molecule has 2 atom stereocenters. The number of benzene rings is 1. The van der Waals surface area contributed by atoms with Gasteiger partial charge in [-0.2, -0.15) is 0 Å². The van der Waals surface area contributed by atoms with Crippen LogP contribution in [0.4, 0.5) is 0 Å². The highest BCUT2D eigenvalue weighted by atomic mass is 16.5. The molecule has 2 unspecified atom stereocenters. The van der Waals surface area contributed by atoms with Gasteiger partial charge in [0.15, 0.2) is 0 Å². The van der Waals surface area contributed by atoms with E-state index >= 15 is 0 Å². The van der Waals surface area contributed by atoms with Gasteiger partial charge in [0.25, 0.3) is 0 Å². The molecule has 1 aliphatic rings. The normalized spacial score (nSPS) is 26.8. The van der Waals surface area contributed by atoms with Gasteiger partial charge >= 0.3 is 5.97 Å². The predicted octanol–water partition coefficient (Wildman–Crippen LogP) is 2.22. The summed E-state index contributed by atoms with van der Waals surface area (Å²) in [6.07, 6.45) is 3.35. The molecular weight excluding hydrogens is 242 g/mol. The fourth-order valence-electron chi connectivity index (χ4n) is 2.86. The zero-order valence-electron chi connectivity index (χ0n) is 11.5. The standard InChI is InChI=1S/C15H21NO3/c1-18-13-7-5-11(6-8-13)12-4-3-9-15(16,10-12)14(17)19-2/h5-8,12H,3-4,9-10,16H2,1-2H3. The third-order valence-corrected chi connectivity index (χ3v) is 3.97. The van der Waals surface area contributed by atoms with Gasteiger partial charge in [0, 0.05) is 0 Å². The first-order valence-electron chi connectivity index (χ1n) is 6.60. The van der Waals surface area contributed by atoms with Gasteiger partial charge in [-0.05, 0) is 42.9 Å². The van der Waals surface area contributed by atoms with Gasteiger partial charge in [0.05, 0.1) is 14.2 Å². The van der Waals surface area contributed by atoms with Crippen molar-refractivity contribution in [1.82, 2.24) is 0 Å². The molecule has 1 aromatic carbocycles. The van der Waals surface area contributed by atoms with Crippen LogP contribution in [-0.4, -0.2) is 25.7 Å². The average molecular weight is 263 g/mol. The topological polar surface area (TPSA) is 61.5 Å². The minimum atomic E-state index is -0.836. The molecule has 2 N–H and O–H groups in total. The quantitative estimate of drug-likeness (QED) is 0.849. The lowest BCUT2D eigenvalue weighted by molar-refractivity contribution is -0.148. The van der Waals surface area contributed by atoms with E-state index in [4.69, 9.17) is 15.2 Å². The summed E-state index contributed by atoms with van der Waals surface area (Å²) in [6.45, 7) is 0. The Balaban J connectivity index is 2.14. The number of methoxy groups -OCH3 is 2. The molecule has 4 nitrogen and oxygen atoms in total. The number of hydrogen-bond acceptors (Lipinski definition) is 4. The smallest absolute Gasteiger partial charge is 0.325 e. The number of rotatable bonds is 3. The van der Waals surface area contributed by atoms with Crippen molar-refractivity contribution in [2.45, 2.75) is 37.1 Å². The van der Waals surface area contributed by atoms with Gasteiger partial charge in [-0.25, -0.2) is 0 Å². The fraction of sp³-hybridized carbons (Fsp3) is 0.533. The highest BCUT2D eigenvalue weighted by Gasteiger charge is 2.40. The Morgan fingerprint density at radius 1 is 1.32 bits per heavy atom. The van der Waals surface area contributed by atoms with E-state index < -0.39 is 5.54 Å². The van der Waals surface area contributed by atoms with E-state index in [1.165, 1.54) is 12.7 Å². The molecule has 19 heavy (non-hydrogen) atoms. The van der Waals surface area contributed by atoms with E-state index in [2.05, 4.69) is 0 Å². The Kier molecular flexibility index (Phi) is 4.10. The van der Waals surface area contributed by atoms with E-state index in [0.29, 0.717) is 18.8 Å². The second-order valence-corrected chi connectivity index (χ2v) is 5.21. The van der Waals surface area contributed by atoms with Crippen LogP contribution >= 0.6 is 0 Å². The molecule has 1 aliphatic carbocycles. The minimum absolute atomic E-state index is 0.300. The summed E-state index contributed by atoms with van der Waals surface area (Å²) < 4.78 is 9.98. The van der Waals surface area contributed by atoms with Crippen LogP contribution in [0, 0.1) is 0 Å². The van der Waals surface area contributed by atoms with Crippen LogP contribution in [0.1, 0.15) is 37.2 Å². The first kappa shape index (κ1) is 13.9. The lowest BCUT2D eigenvalue weighted by atomic mass is 9.73. The number of esters is 1. The third-order valence-electron chi connectivity index (χ3n) is 3.97. The zero-order chi connectivity index (χ0) is 13.9. The van der Waals surface area contributed by atoms with Crippen molar-refractivity contribution in [3.8, 4) is 5.75 Å². The van der Waals surface area contributed by atoms with Gasteiger partial charge in [0.2, 0.25) is 0 Å². The molecule has 1 fully saturated rings. The summed E-state index contributed by atoms with van der Waals surface area (Å²) >= 11 is 0. The van der Waals surface area contributed by atoms with Crippen molar-refractivity contribution in [2.75, 3.05) is 14.2 Å². The molecule has 0 aliphatic heterocycles. The van der Waals surface area contributed by atoms with Crippen molar-refractivity contribution in [1.29, 1.82) is 0 Å². The van der Waals surface area contributed by atoms with Crippen molar-refractivity contribution < 1.29 is 14.3 Å². The average Bonchev–Trinajstić information content (AvgIpc) is 2.46. The van der Waals surface area contributed by atoms with Crippen LogP contribution in [0.3, 0.4) is 0 Å². The van der Waals surface area contributed by atoms with Crippen LogP contribution in [0.5, 0.6) is 5.75 Å². The molecule has 0 bridgehead atoms. The summed E-state index contributed by atoms with van der Waals surface area (Å²) in [7, 11) is 3.05. The lowest BCUT2D eigenvalue weighted by Gasteiger charge is -2.35. The van der Waals surface area contributed by atoms with E-state index in [0.717, 1.165) is 18.6 Å². The fourth-order valence-corrected chi connectivity index (χ4v) is 2.86. The molecule has 0 spiro atoms. The largest absolute Gasteiger partial charge is 0.497 e. The Hall–Kier alpha value is -1.55. The maximum Gasteiger partial charge on any atom is 0.325 e. The lowest BCUT2D eigenvalue weighted by Crippen LogP contribution is -2.51. The van der Waals surface area contributed by atoms with Crippen molar-refractivity contribution in [3.63, 3.8) is 0 Å². The van der Waals surface area contributed by atoms with Gasteiger partial charge in [-0.15, -0.1) is 0 Å². The molecule has 4 heteroatoms. The van der Waals surface area contributed by atoms with E-state index in [9.17, 15) is 4.79 Å². The van der Waals surface area contributed by atoms with E-state index in [-0.39, 0.29) is 5.97 Å². The molecule has 0 heterocycles. The zero-order valence-corrected chi connectivity index (χ0v) is 11.5. The van der Waals surface area contributed by atoms with Crippen molar-refractivity contribution in [3.05, 3.63) is 29.8 Å². The second-order valence-electron chi connectivity index (χ2n) is 5.21. The maximum atomic E-state index is 11.8. The first-order chi connectivity index (χ1) is 9.09. The molecular formula is C15H21NO3. The van der Waals surface area contributed by atoms with Crippen LogP contribution in [-0.2, 0) is 9.53 Å². The predicted molar refractivity (Wildman–Crippen MR) is 73.1 cm³/mol. The highest BCUT2D eigenvalue weighted by Crippen LogP contribution is 2.38. The second kappa shape index (κ2) is 5.61. The molecule has 0 radical (unpaired) electrons. The number of ether oxygens (including phenoxy) is 2. The number of hydrogen-bond donors (Lipinski definition) is 1. The Morgan fingerprint density at radius 2 is 2.00 bits per heavy atom. The summed E-state index contributed by atoms with van der Waals surface area (Å²) in [4.78, 5) is 11.8. The van der Waals surface area contributed by atoms with Crippen molar-refractivity contribution in [2.24, 2.45) is 5.73 Å². The summed E-state index contributed by atoms with van der Waals surface area (Å²) in [5.74, 6) is 0.848. The molecule has 1 saturated carbocycles. The Morgan fingerprint density at radius 3 is 2.58 bits per heavy atom. The summed E-state index contributed by atoms with van der Waals surface area (Å²) in [5, 5.41) is 0. The van der Waals surface area contributed by atoms with Gasteiger partial charge in [-0.3, -0.25) is 4.79 Å². The first-order valence-corrected chi connectivity index (χ1v) is 6.60. The van der Waals surface area contributed by atoms with Crippen LogP contribution in [0.2, 0.25) is 0 Å². The molecule has 0 amide bonds. The Bertz CT molecular complexity index is 443. The van der Waals surface area contributed by atoms with Gasteiger partial charge < -0.3 is 15.2 Å².